The highest BCUT2D eigenvalue weighted by atomic mass is 19.1. The molecule has 3 rings (SSSR count). The first-order valence-corrected chi connectivity index (χ1v) is 6.07. The molecule has 1 fully saturated rings. The van der Waals surface area contributed by atoms with Gasteiger partial charge in [0.25, 0.3) is 0 Å². The van der Waals surface area contributed by atoms with Crippen molar-refractivity contribution in [2.75, 3.05) is 0 Å². The van der Waals surface area contributed by atoms with Gasteiger partial charge in [-0.25, -0.2) is 4.39 Å². The van der Waals surface area contributed by atoms with Crippen LogP contribution < -0.4 is 0 Å². The van der Waals surface area contributed by atoms with Gasteiger partial charge < -0.3 is 4.52 Å². The topological polar surface area (TPSA) is 38.9 Å². The molecule has 1 atom stereocenters. The summed E-state index contributed by atoms with van der Waals surface area (Å²) in [6, 6.07) is 4.60. The molecular formula is C14H15FN2O. The van der Waals surface area contributed by atoms with E-state index in [2.05, 4.69) is 24.0 Å². The van der Waals surface area contributed by atoms with Gasteiger partial charge in [0.05, 0.1) is 0 Å². The summed E-state index contributed by atoms with van der Waals surface area (Å²) in [6.45, 7) is 6.26. The van der Waals surface area contributed by atoms with Crippen molar-refractivity contribution in [2.45, 2.75) is 33.1 Å². The molecule has 0 amide bonds. The maximum atomic E-state index is 13.2. The van der Waals surface area contributed by atoms with Gasteiger partial charge in [-0.3, -0.25) is 0 Å². The van der Waals surface area contributed by atoms with Gasteiger partial charge >= 0.3 is 0 Å². The zero-order valence-corrected chi connectivity index (χ0v) is 10.7. The summed E-state index contributed by atoms with van der Waals surface area (Å²) < 4.78 is 18.5. The van der Waals surface area contributed by atoms with Crippen LogP contribution in [0.25, 0.3) is 11.4 Å². The third-order valence-electron chi connectivity index (χ3n) is 3.69. The monoisotopic (exact) mass is 246 g/mol. The Kier molecular flexibility index (Phi) is 2.30. The Bertz CT molecular complexity index is 604. The summed E-state index contributed by atoms with van der Waals surface area (Å²) in [6.07, 6.45) is 1.07. The van der Waals surface area contributed by atoms with Crippen molar-refractivity contribution in [1.82, 2.24) is 10.1 Å². The molecule has 0 bridgehead atoms. The Morgan fingerprint density at radius 1 is 1.39 bits per heavy atom. The van der Waals surface area contributed by atoms with Gasteiger partial charge in [-0.2, -0.15) is 4.98 Å². The van der Waals surface area contributed by atoms with E-state index in [4.69, 9.17) is 4.52 Å². The highest BCUT2D eigenvalue weighted by molar-refractivity contribution is 5.59. The number of aromatic nitrogens is 2. The Morgan fingerprint density at radius 3 is 2.78 bits per heavy atom. The number of benzene rings is 1. The molecule has 1 aromatic carbocycles. The van der Waals surface area contributed by atoms with Gasteiger partial charge in [-0.1, -0.05) is 25.1 Å². The fourth-order valence-corrected chi connectivity index (χ4v) is 2.21. The van der Waals surface area contributed by atoms with Crippen LogP contribution in [0.15, 0.2) is 22.7 Å². The molecule has 0 N–H and O–H groups in total. The molecule has 2 aromatic rings. The summed E-state index contributed by atoms with van der Waals surface area (Å²) in [4.78, 5) is 4.40. The Balaban J connectivity index is 1.96. The van der Waals surface area contributed by atoms with E-state index in [9.17, 15) is 4.39 Å². The van der Waals surface area contributed by atoms with Crippen LogP contribution in [-0.2, 0) is 0 Å². The van der Waals surface area contributed by atoms with E-state index in [0.29, 0.717) is 23.2 Å². The van der Waals surface area contributed by atoms with Gasteiger partial charge in [0.15, 0.2) is 0 Å². The minimum absolute atomic E-state index is 0.251. The van der Waals surface area contributed by atoms with E-state index < -0.39 is 0 Å². The molecule has 18 heavy (non-hydrogen) atoms. The average Bonchev–Trinajstić information content (AvgIpc) is 2.77. The predicted molar refractivity (Wildman–Crippen MR) is 65.6 cm³/mol. The van der Waals surface area contributed by atoms with E-state index in [0.717, 1.165) is 12.0 Å². The molecule has 3 nitrogen and oxygen atoms in total. The van der Waals surface area contributed by atoms with Gasteiger partial charge in [-0.05, 0) is 36.5 Å². The van der Waals surface area contributed by atoms with Gasteiger partial charge in [0.1, 0.15) is 5.82 Å². The second-order valence-corrected chi connectivity index (χ2v) is 5.66. The van der Waals surface area contributed by atoms with Crippen LogP contribution in [0.1, 0.15) is 37.6 Å². The number of hydrogen-bond donors (Lipinski definition) is 0. The number of halogens is 1. The lowest BCUT2D eigenvalue weighted by Crippen LogP contribution is -1.91. The van der Waals surface area contributed by atoms with Crippen molar-refractivity contribution in [3.8, 4) is 11.4 Å². The molecule has 94 valence electrons. The molecule has 0 spiro atoms. The summed E-state index contributed by atoms with van der Waals surface area (Å²) in [7, 11) is 0. The van der Waals surface area contributed by atoms with Crippen LogP contribution in [0, 0.1) is 18.2 Å². The molecule has 4 heteroatoms. The van der Waals surface area contributed by atoms with Crippen molar-refractivity contribution in [1.29, 1.82) is 0 Å². The van der Waals surface area contributed by atoms with E-state index in [1.807, 2.05) is 6.92 Å². The fraction of sp³-hybridized carbons (Fsp3) is 0.429. The number of nitrogens with zero attached hydrogens (tertiary/aromatic N) is 2. The molecule has 0 aliphatic heterocycles. The van der Waals surface area contributed by atoms with Crippen LogP contribution in [-0.4, -0.2) is 10.1 Å². The minimum Gasteiger partial charge on any atom is -0.339 e. The maximum Gasteiger partial charge on any atom is 0.230 e. The summed E-state index contributed by atoms with van der Waals surface area (Å²) in [5.74, 6) is 1.20. The zero-order chi connectivity index (χ0) is 12.9. The lowest BCUT2D eigenvalue weighted by Gasteiger charge is -2.00. The van der Waals surface area contributed by atoms with Gasteiger partial charge in [0, 0.05) is 11.5 Å². The van der Waals surface area contributed by atoms with Crippen molar-refractivity contribution < 1.29 is 8.91 Å². The van der Waals surface area contributed by atoms with Crippen LogP contribution >= 0.6 is 0 Å². The van der Waals surface area contributed by atoms with Crippen LogP contribution in [0.2, 0.25) is 0 Å². The van der Waals surface area contributed by atoms with Crippen LogP contribution in [0.4, 0.5) is 4.39 Å². The fourth-order valence-electron chi connectivity index (χ4n) is 2.21. The minimum atomic E-state index is -0.284. The molecule has 0 saturated heterocycles. The smallest absolute Gasteiger partial charge is 0.230 e. The second kappa shape index (κ2) is 3.64. The predicted octanol–water partition coefficient (Wildman–Crippen LogP) is 3.70. The molecule has 1 aromatic heterocycles. The highest BCUT2D eigenvalue weighted by Crippen LogP contribution is 2.58. The van der Waals surface area contributed by atoms with E-state index in [-0.39, 0.29) is 11.2 Å². The first kappa shape index (κ1) is 11.4. The quantitative estimate of drug-likeness (QED) is 0.811. The van der Waals surface area contributed by atoms with Crippen molar-refractivity contribution in [3.05, 3.63) is 35.5 Å². The Hall–Kier alpha value is -1.71. The summed E-state index contributed by atoms with van der Waals surface area (Å²) in [5, 5.41) is 3.96. The Labute approximate surface area is 105 Å². The van der Waals surface area contributed by atoms with Crippen LogP contribution in [0.5, 0.6) is 0 Å². The van der Waals surface area contributed by atoms with E-state index in [1.54, 1.807) is 6.07 Å². The molecule has 1 heterocycles. The zero-order valence-electron chi connectivity index (χ0n) is 10.7. The molecule has 1 aliphatic carbocycles. The number of hydrogen-bond acceptors (Lipinski definition) is 3. The van der Waals surface area contributed by atoms with Crippen molar-refractivity contribution >= 4 is 0 Å². The normalized spacial score (nSPS) is 21.0. The number of rotatable bonds is 2. The van der Waals surface area contributed by atoms with Crippen LogP contribution in [0.3, 0.4) is 0 Å². The number of aryl methyl sites for hydroxylation is 1. The third kappa shape index (κ3) is 1.82. The first-order chi connectivity index (χ1) is 8.47. The Morgan fingerprint density at radius 2 is 2.11 bits per heavy atom. The van der Waals surface area contributed by atoms with E-state index >= 15 is 0 Å². The molecule has 1 unspecified atom stereocenters. The van der Waals surface area contributed by atoms with Crippen molar-refractivity contribution in [3.63, 3.8) is 0 Å². The average molecular weight is 246 g/mol. The van der Waals surface area contributed by atoms with Gasteiger partial charge in [-0.15, -0.1) is 0 Å². The SMILES string of the molecule is Cc1ccc(F)cc1-c1noc(C2CC2(C)C)n1. The van der Waals surface area contributed by atoms with Crippen molar-refractivity contribution in [2.24, 2.45) is 5.41 Å². The maximum absolute atomic E-state index is 13.2. The summed E-state index contributed by atoms with van der Waals surface area (Å²) in [5.41, 5.74) is 1.89. The van der Waals surface area contributed by atoms with E-state index in [1.165, 1.54) is 12.1 Å². The first-order valence-electron chi connectivity index (χ1n) is 6.07. The molecule has 1 aliphatic rings. The second-order valence-electron chi connectivity index (χ2n) is 5.66. The highest BCUT2D eigenvalue weighted by Gasteiger charge is 2.50. The molecule has 1 saturated carbocycles. The largest absolute Gasteiger partial charge is 0.339 e. The molecule has 0 radical (unpaired) electrons. The third-order valence-corrected chi connectivity index (χ3v) is 3.69. The van der Waals surface area contributed by atoms with Gasteiger partial charge in [0.2, 0.25) is 11.7 Å². The molecular weight excluding hydrogens is 231 g/mol. The standard InChI is InChI=1S/C14H15FN2O/c1-8-4-5-9(15)6-10(8)12-16-13(18-17-12)11-7-14(11,2)3/h4-6,11H,7H2,1-3H3. The lowest BCUT2D eigenvalue weighted by atomic mass is 10.1. The summed E-state index contributed by atoms with van der Waals surface area (Å²) >= 11 is 0. The lowest BCUT2D eigenvalue weighted by molar-refractivity contribution is 0.368.